The van der Waals surface area contributed by atoms with Crippen molar-refractivity contribution in [3.63, 3.8) is 0 Å². The van der Waals surface area contributed by atoms with E-state index in [9.17, 15) is 34.1 Å². The number of hydrogen-bond donors (Lipinski definition) is 2. The summed E-state index contributed by atoms with van der Waals surface area (Å²) in [7, 11) is 0. The number of nitro benzene ring substituents is 2. The lowest BCUT2D eigenvalue weighted by Crippen LogP contribution is -2.15. The molecule has 2 rings (SSSR count). The molecule has 24 heavy (non-hydrogen) atoms. The second-order valence-electron chi connectivity index (χ2n) is 4.75. The summed E-state index contributed by atoms with van der Waals surface area (Å²) < 4.78 is 27.1. The normalized spacial score (nSPS) is 11.8. The smallest absolute Gasteiger partial charge is 0.299 e. The van der Waals surface area contributed by atoms with E-state index in [2.05, 4.69) is 5.32 Å². The molecule has 8 nitrogen and oxygen atoms in total. The molecule has 0 saturated carbocycles. The highest BCUT2D eigenvalue weighted by atomic mass is 19.1. The van der Waals surface area contributed by atoms with E-state index in [1.165, 1.54) is 0 Å². The van der Waals surface area contributed by atoms with Gasteiger partial charge in [0.1, 0.15) is 23.4 Å². The predicted molar refractivity (Wildman–Crippen MR) is 79.6 cm³/mol. The molecule has 0 aromatic heterocycles. The fraction of sp³-hybridized carbons (Fsp3) is 0.143. The number of benzene rings is 2. The maximum Gasteiger partial charge on any atom is 0.299 e. The molecule has 10 heteroatoms. The van der Waals surface area contributed by atoms with Crippen molar-refractivity contribution in [3.05, 3.63) is 73.8 Å². The van der Waals surface area contributed by atoms with Gasteiger partial charge in [-0.05, 0) is 18.2 Å². The quantitative estimate of drug-likeness (QED) is 0.617. The van der Waals surface area contributed by atoms with Gasteiger partial charge in [-0.3, -0.25) is 20.2 Å². The van der Waals surface area contributed by atoms with Crippen molar-refractivity contribution < 1.29 is 23.7 Å². The van der Waals surface area contributed by atoms with Gasteiger partial charge < -0.3 is 10.4 Å². The largest absolute Gasteiger partial charge is 0.386 e. The maximum absolute atomic E-state index is 13.6. The molecule has 2 N–H and O–H groups in total. The number of aliphatic hydroxyl groups is 1. The molecule has 0 aliphatic carbocycles. The molecule has 1 atom stereocenters. The number of halogens is 2. The molecule has 126 valence electrons. The second kappa shape index (κ2) is 6.96. The van der Waals surface area contributed by atoms with Crippen LogP contribution in [0.1, 0.15) is 11.7 Å². The van der Waals surface area contributed by atoms with Gasteiger partial charge in [0.05, 0.1) is 21.5 Å². The zero-order valence-corrected chi connectivity index (χ0v) is 12.0. The van der Waals surface area contributed by atoms with Crippen molar-refractivity contribution in [2.75, 3.05) is 11.9 Å². The van der Waals surface area contributed by atoms with Crippen LogP contribution < -0.4 is 5.32 Å². The molecule has 0 radical (unpaired) electrons. The first-order chi connectivity index (χ1) is 11.3. The number of nitro groups is 2. The highest BCUT2D eigenvalue weighted by Crippen LogP contribution is 2.30. The zero-order chi connectivity index (χ0) is 17.9. The Labute approximate surface area is 133 Å². The minimum atomic E-state index is -1.61. The van der Waals surface area contributed by atoms with E-state index in [0.717, 1.165) is 36.4 Å². The SMILES string of the molecule is O=[N+]([O-])c1ccc(NCC(O)c2c(F)cccc2F)c([N+](=O)[O-])c1. The molecular formula is C14H11F2N3O5. The third-order valence-corrected chi connectivity index (χ3v) is 3.21. The van der Waals surface area contributed by atoms with Gasteiger partial charge in [0.25, 0.3) is 11.4 Å². The van der Waals surface area contributed by atoms with Gasteiger partial charge in [-0.2, -0.15) is 0 Å². The van der Waals surface area contributed by atoms with Crippen LogP contribution in [0, 0.1) is 31.9 Å². The lowest BCUT2D eigenvalue weighted by molar-refractivity contribution is -0.393. The van der Waals surface area contributed by atoms with Crippen LogP contribution in [0.2, 0.25) is 0 Å². The molecule has 0 fully saturated rings. The van der Waals surface area contributed by atoms with Gasteiger partial charge in [0.15, 0.2) is 0 Å². The number of nitrogens with zero attached hydrogens (tertiary/aromatic N) is 2. The molecule has 1 unspecified atom stereocenters. The van der Waals surface area contributed by atoms with Gasteiger partial charge in [-0.25, -0.2) is 8.78 Å². The minimum absolute atomic E-state index is 0.124. The first-order valence-corrected chi connectivity index (χ1v) is 6.60. The van der Waals surface area contributed by atoms with Crippen molar-refractivity contribution in [3.8, 4) is 0 Å². The first-order valence-electron chi connectivity index (χ1n) is 6.60. The number of aliphatic hydroxyl groups excluding tert-OH is 1. The summed E-state index contributed by atoms with van der Waals surface area (Å²) >= 11 is 0. The number of hydrogen-bond acceptors (Lipinski definition) is 6. The van der Waals surface area contributed by atoms with Crippen molar-refractivity contribution in [2.45, 2.75) is 6.10 Å². The van der Waals surface area contributed by atoms with Crippen LogP contribution in [-0.2, 0) is 0 Å². The highest BCUT2D eigenvalue weighted by Gasteiger charge is 2.22. The van der Waals surface area contributed by atoms with Crippen LogP contribution in [0.15, 0.2) is 36.4 Å². The van der Waals surface area contributed by atoms with Crippen molar-refractivity contribution in [1.29, 1.82) is 0 Å². The summed E-state index contributed by atoms with van der Waals surface area (Å²) in [4.78, 5) is 20.0. The summed E-state index contributed by atoms with van der Waals surface area (Å²) in [5, 5.41) is 34.0. The Balaban J connectivity index is 2.22. The molecule has 0 saturated heterocycles. The topological polar surface area (TPSA) is 119 Å². The number of rotatable bonds is 6. The predicted octanol–water partition coefficient (Wildman–Crippen LogP) is 2.93. The van der Waals surface area contributed by atoms with Gasteiger partial charge in [0, 0.05) is 12.6 Å². The molecule has 2 aromatic carbocycles. The van der Waals surface area contributed by atoms with E-state index >= 15 is 0 Å². The van der Waals surface area contributed by atoms with Gasteiger partial charge >= 0.3 is 0 Å². The van der Waals surface area contributed by atoms with Gasteiger partial charge in [-0.15, -0.1) is 0 Å². The van der Waals surface area contributed by atoms with E-state index in [1.54, 1.807) is 0 Å². The summed E-state index contributed by atoms with van der Waals surface area (Å²) in [6.07, 6.45) is -1.61. The summed E-state index contributed by atoms with van der Waals surface area (Å²) in [5.41, 5.74) is -1.77. The Hall–Kier alpha value is -3.14. The standard InChI is InChI=1S/C14H11F2N3O5/c15-9-2-1-3-10(16)14(9)13(20)7-17-11-5-4-8(18(21)22)6-12(11)19(23)24/h1-6,13,17,20H,7H2. The van der Waals surface area contributed by atoms with Crippen LogP contribution in [-0.4, -0.2) is 21.5 Å². The third kappa shape index (κ3) is 3.60. The Bertz CT molecular complexity index is 780. The monoisotopic (exact) mass is 339 g/mol. The molecule has 0 bridgehead atoms. The molecule has 0 aliphatic rings. The van der Waals surface area contributed by atoms with Crippen molar-refractivity contribution >= 4 is 17.1 Å². The molecular weight excluding hydrogens is 328 g/mol. The average molecular weight is 339 g/mol. The van der Waals surface area contributed by atoms with Crippen LogP contribution in [0.3, 0.4) is 0 Å². The lowest BCUT2D eigenvalue weighted by atomic mass is 10.1. The number of non-ortho nitro benzene ring substituents is 1. The van der Waals surface area contributed by atoms with E-state index in [-0.39, 0.29) is 5.69 Å². The summed E-state index contributed by atoms with van der Waals surface area (Å²) in [6.45, 7) is -0.434. The Morgan fingerprint density at radius 3 is 2.25 bits per heavy atom. The zero-order valence-electron chi connectivity index (χ0n) is 12.0. The number of nitrogens with one attached hydrogen (secondary N) is 1. The third-order valence-electron chi connectivity index (χ3n) is 3.21. The fourth-order valence-electron chi connectivity index (χ4n) is 2.07. The van der Waals surface area contributed by atoms with Crippen LogP contribution in [0.5, 0.6) is 0 Å². The number of anilines is 1. The first kappa shape index (κ1) is 17.2. The van der Waals surface area contributed by atoms with Crippen molar-refractivity contribution in [2.24, 2.45) is 0 Å². The van der Waals surface area contributed by atoms with Crippen LogP contribution in [0.25, 0.3) is 0 Å². The summed E-state index contributed by atoms with van der Waals surface area (Å²) in [5.74, 6) is -1.91. The Kier molecular flexibility index (Phi) is 4.99. The minimum Gasteiger partial charge on any atom is -0.386 e. The van der Waals surface area contributed by atoms with Crippen LogP contribution in [0.4, 0.5) is 25.8 Å². The molecule has 0 aliphatic heterocycles. The maximum atomic E-state index is 13.6. The highest BCUT2D eigenvalue weighted by molar-refractivity contribution is 5.65. The molecule has 0 spiro atoms. The Morgan fingerprint density at radius 1 is 1.08 bits per heavy atom. The van der Waals surface area contributed by atoms with Crippen LogP contribution >= 0.6 is 0 Å². The van der Waals surface area contributed by atoms with E-state index in [0.29, 0.717) is 0 Å². The average Bonchev–Trinajstić information content (AvgIpc) is 2.52. The molecule has 0 amide bonds. The lowest BCUT2D eigenvalue weighted by Gasteiger charge is -2.14. The summed E-state index contributed by atoms with van der Waals surface area (Å²) in [6, 6.07) is 5.94. The van der Waals surface area contributed by atoms with E-state index in [1.807, 2.05) is 0 Å². The fourth-order valence-corrected chi connectivity index (χ4v) is 2.07. The van der Waals surface area contributed by atoms with Gasteiger partial charge in [0.2, 0.25) is 0 Å². The molecule has 0 heterocycles. The van der Waals surface area contributed by atoms with Crippen molar-refractivity contribution in [1.82, 2.24) is 0 Å². The molecule has 2 aromatic rings. The van der Waals surface area contributed by atoms with E-state index < -0.39 is 51.1 Å². The van der Waals surface area contributed by atoms with E-state index in [4.69, 9.17) is 0 Å². The second-order valence-corrected chi connectivity index (χ2v) is 4.75. The Morgan fingerprint density at radius 2 is 1.71 bits per heavy atom. The van der Waals surface area contributed by atoms with Gasteiger partial charge in [-0.1, -0.05) is 6.07 Å².